The minimum Gasteiger partial charge on any atom is -0.503 e. The number of fused-ring (bicyclic) bond motifs is 1. The zero-order valence-electron chi connectivity index (χ0n) is 16.1. The number of nitrogens with zero attached hydrogens (tertiary/aromatic N) is 1. The van der Waals surface area contributed by atoms with Gasteiger partial charge in [0.15, 0.2) is 11.5 Å². The molecule has 0 spiro atoms. The Labute approximate surface area is 182 Å². The summed E-state index contributed by atoms with van der Waals surface area (Å²) in [6.07, 6.45) is 1.59. The number of thioether (sulfide) groups is 1. The summed E-state index contributed by atoms with van der Waals surface area (Å²) in [5, 5.41) is 11.8. The van der Waals surface area contributed by atoms with E-state index in [0.717, 1.165) is 28.1 Å². The summed E-state index contributed by atoms with van der Waals surface area (Å²) in [5.74, 6) is -0.286. The van der Waals surface area contributed by atoms with Crippen molar-refractivity contribution in [3.05, 3.63) is 75.7 Å². The van der Waals surface area contributed by atoms with Crippen molar-refractivity contribution in [2.45, 2.75) is 13.5 Å². The van der Waals surface area contributed by atoms with Crippen LogP contribution in [0.5, 0.6) is 11.5 Å². The van der Waals surface area contributed by atoms with E-state index in [2.05, 4.69) is 0 Å². The Kier molecular flexibility index (Phi) is 5.70. The smallest absolute Gasteiger partial charge is 0.293 e. The Morgan fingerprint density at radius 3 is 2.70 bits per heavy atom. The molecule has 1 aliphatic heterocycles. The highest BCUT2D eigenvalue weighted by Gasteiger charge is 2.35. The molecule has 0 aliphatic carbocycles. The number of ether oxygens (including phenoxy) is 1. The highest BCUT2D eigenvalue weighted by molar-refractivity contribution is 8.18. The molecule has 0 saturated carbocycles. The first-order valence-electron chi connectivity index (χ1n) is 9.35. The van der Waals surface area contributed by atoms with E-state index in [0.29, 0.717) is 17.1 Å². The summed E-state index contributed by atoms with van der Waals surface area (Å²) in [7, 11) is 0. The Morgan fingerprint density at radius 2 is 1.90 bits per heavy atom. The highest BCUT2D eigenvalue weighted by atomic mass is 35.5. The maximum Gasteiger partial charge on any atom is 0.293 e. The van der Waals surface area contributed by atoms with Gasteiger partial charge in [-0.3, -0.25) is 14.5 Å². The third-order valence-corrected chi connectivity index (χ3v) is 5.93. The molecule has 2 amide bonds. The van der Waals surface area contributed by atoms with Gasteiger partial charge in [0.25, 0.3) is 11.1 Å². The summed E-state index contributed by atoms with van der Waals surface area (Å²) >= 11 is 6.95. The maximum absolute atomic E-state index is 12.9. The van der Waals surface area contributed by atoms with Crippen LogP contribution in [0.25, 0.3) is 16.8 Å². The van der Waals surface area contributed by atoms with E-state index >= 15 is 0 Å². The summed E-state index contributed by atoms with van der Waals surface area (Å²) in [5.41, 5.74) is 1.47. The standard InChI is InChI=1S/C23H18ClNO4S/c1-2-29-19-11-14(10-18(24)21(19)26)12-20-22(27)25(23(28)30-20)13-16-8-5-7-15-6-3-4-9-17(15)16/h3-12,26H,2,13H2,1H3/b20-12+. The van der Waals surface area contributed by atoms with Gasteiger partial charge in [-0.05, 0) is 58.8 Å². The lowest BCUT2D eigenvalue weighted by atomic mass is 10.0. The lowest BCUT2D eigenvalue weighted by molar-refractivity contribution is -0.123. The fraction of sp³-hybridized carbons (Fsp3) is 0.130. The molecular weight excluding hydrogens is 422 g/mol. The first-order chi connectivity index (χ1) is 14.5. The molecule has 0 aromatic heterocycles. The lowest BCUT2D eigenvalue weighted by Crippen LogP contribution is -2.27. The van der Waals surface area contributed by atoms with Gasteiger partial charge >= 0.3 is 0 Å². The molecular formula is C23H18ClNO4S. The highest BCUT2D eigenvalue weighted by Crippen LogP contribution is 2.38. The molecule has 1 aliphatic rings. The molecule has 1 heterocycles. The van der Waals surface area contributed by atoms with Gasteiger partial charge in [0.1, 0.15) is 0 Å². The van der Waals surface area contributed by atoms with E-state index < -0.39 is 0 Å². The largest absolute Gasteiger partial charge is 0.503 e. The van der Waals surface area contributed by atoms with Crippen molar-refractivity contribution in [1.82, 2.24) is 4.90 Å². The topological polar surface area (TPSA) is 66.8 Å². The van der Waals surface area contributed by atoms with Crippen LogP contribution in [-0.4, -0.2) is 27.8 Å². The van der Waals surface area contributed by atoms with Crippen LogP contribution in [0.3, 0.4) is 0 Å². The van der Waals surface area contributed by atoms with Crippen molar-refractivity contribution in [3.8, 4) is 11.5 Å². The number of hydrogen-bond acceptors (Lipinski definition) is 5. The van der Waals surface area contributed by atoms with Crippen molar-refractivity contribution in [2.75, 3.05) is 6.61 Å². The molecule has 1 N–H and O–H groups in total. The van der Waals surface area contributed by atoms with Crippen LogP contribution in [0.4, 0.5) is 4.79 Å². The summed E-state index contributed by atoms with van der Waals surface area (Å²) in [6.45, 7) is 2.34. The van der Waals surface area contributed by atoms with Crippen molar-refractivity contribution in [1.29, 1.82) is 0 Å². The zero-order chi connectivity index (χ0) is 21.3. The maximum atomic E-state index is 12.9. The second-order valence-electron chi connectivity index (χ2n) is 6.69. The van der Waals surface area contributed by atoms with E-state index in [1.807, 2.05) is 42.5 Å². The molecule has 0 radical (unpaired) electrons. The van der Waals surface area contributed by atoms with Crippen LogP contribution in [0.15, 0.2) is 59.5 Å². The van der Waals surface area contributed by atoms with Gasteiger partial charge in [-0.25, -0.2) is 0 Å². The number of carbonyl (C=O) groups excluding carboxylic acids is 2. The Hall–Kier alpha value is -2.96. The van der Waals surface area contributed by atoms with Crippen LogP contribution >= 0.6 is 23.4 Å². The van der Waals surface area contributed by atoms with Crippen molar-refractivity contribution < 1.29 is 19.4 Å². The molecule has 1 fully saturated rings. The third-order valence-electron chi connectivity index (χ3n) is 4.73. The summed E-state index contributed by atoms with van der Waals surface area (Å²) in [4.78, 5) is 27.0. The first-order valence-corrected chi connectivity index (χ1v) is 10.5. The quantitative estimate of drug-likeness (QED) is 0.506. The fourth-order valence-corrected chi connectivity index (χ4v) is 4.39. The van der Waals surface area contributed by atoms with Gasteiger partial charge in [-0.15, -0.1) is 0 Å². The van der Waals surface area contributed by atoms with E-state index in [1.165, 1.54) is 11.0 Å². The number of imide groups is 1. The van der Waals surface area contributed by atoms with E-state index in [9.17, 15) is 14.7 Å². The van der Waals surface area contributed by atoms with Crippen LogP contribution < -0.4 is 4.74 Å². The molecule has 4 rings (SSSR count). The molecule has 3 aromatic rings. The molecule has 3 aromatic carbocycles. The van der Waals surface area contributed by atoms with Gasteiger partial charge in [0.2, 0.25) is 0 Å². The van der Waals surface area contributed by atoms with Crippen LogP contribution in [-0.2, 0) is 11.3 Å². The fourth-order valence-electron chi connectivity index (χ4n) is 3.33. The van der Waals surface area contributed by atoms with Crippen LogP contribution in [0, 0.1) is 0 Å². The SMILES string of the molecule is CCOc1cc(/C=C2/SC(=O)N(Cc3cccc4ccccc34)C2=O)cc(Cl)c1O. The van der Waals surface area contributed by atoms with Crippen LogP contribution in [0.1, 0.15) is 18.1 Å². The van der Waals surface area contributed by atoms with E-state index in [-0.39, 0.29) is 34.2 Å². The predicted molar refractivity (Wildman–Crippen MR) is 120 cm³/mol. The zero-order valence-corrected chi connectivity index (χ0v) is 17.7. The third kappa shape index (κ3) is 3.88. The molecule has 0 bridgehead atoms. The van der Waals surface area contributed by atoms with Crippen molar-refractivity contribution in [3.63, 3.8) is 0 Å². The molecule has 30 heavy (non-hydrogen) atoms. The molecule has 0 atom stereocenters. The number of carbonyl (C=O) groups is 2. The van der Waals surface area contributed by atoms with Crippen molar-refractivity contribution >= 4 is 51.4 Å². The molecule has 0 unspecified atom stereocenters. The number of phenols is 1. The summed E-state index contributed by atoms with van der Waals surface area (Å²) in [6, 6.07) is 16.8. The van der Waals surface area contributed by atoms with Crippen LogP contribution in [0.2, 0.25) is 5.02 Å². The number of aromatic hydroxyl groups is 1. The van der Waals surface area contributed by atoms with Gasteiger partial charge in [-0.2, -0.15) is 0 Å². The minimum atomic E-state index is -0.361. The minimum absolute atomic E-state index is 0.113. The van der Waals surface area contributed by atoms with Gasteiger partial charge in [0, 0.05) is 0 Å². The number of rotatable bonds is 5. The monoisotopic (exact) mass is 439 g/mol. The Bertz CT molecular complexity index is 1190. The van der Waals surface area contributed by atoms with E-state index in [4.69, 9.17) is 16.3 Å². The lowest BCUT2D eigenvalue weighted by Gasteiger charge is -2.14. The van der Waals surface area contributed by atoms with Gasteiger partial charge in [-0.1, -0.05) is 54.1 Å². The number of phenolic OH excluding ortho intramolecular Hbond substituents is 1. The van der Waals surface area contributed by atoms with Gasteiger partial charge in [0.05, 0.1) is 23.1 Å². The average Bonchev–Trinajstić information content (AvgIpc) is 2.99. The normalized spacial score (nSPS) is 15.4. The second kappa shape index (κ2) is 8.42. The number of benzene rings is 3. The van der Waals surface area contributed by atoms with Crippen molar-refractivity contribution in [2.24, 2.45) is 0 Å². The van der Waals surface area contributed by atoms with Gasteiger partial charge < -0.3 is 9.84 Å². The Morgan fingerprint density at radius 1 is 1.13 bits per heavy atom. The molecule has 5 nitrogen and oxygen atoms in total. The number of halogens is 1. The first kappa shape index (κ1) is 20.3. The Balaban J connectivity index is 1.63. The molecule has 152 valence electrons. The summed E-state index contributed by atoms with van der Waals surface area (Å²) < 4.78 is 5.38. The molecule has 7 heteroatoms. The average molecular weight is 440 g/mol. The van der Waals surface area contributed by atoms with E-state index in [1.54, 1.807) is 19.1 Å². The molecule has 1 saturated heterocycles. The second-order valence-corrected chi connectivity index (χ2v) is 8.09. The number of amides is 2. The predicted octanol–water partition coefficient (Wildman–Crippen LogP) is 5.83. The number of hydrogen-bond donors (Lipinski definition) is 1.